The molecule has 1 aliphatic heterocycles. The van der Waals surface area contributed by atoms with E-state index in [2.05, 4.69) is 15.4 Å². The highest BCUT2D eigenvalue weighted by molar-refractivity contribution is 7.91. The summed E-state index contributed by atoms with van der Waals surface area (Å²) in [5.74, 6) is -1.92. The molecule has 0 bridgehead atoms. The van der Waals surface area contributed by atoms with Crippen LogP contribution in [0, 0.1) is 5.82 Å². The van der Waals surface area contributed by atoms with Gasteiger partial charge in [0.05, 0.1) is 22.9 Å². The van der Waals surface area contributed by atoms with Gasteiger partial charge in [-0.3, -0.25) is 4.79 Å². The van der Waals surface area contributed by atoms with Gasteiger partial charge in [-0.2, -0.15) is 5.10 Å². The molecule has 0 aliphatic carbocycles. The van der Waals surface area contributed by atoms with Crippen molar-refractivity contribution in [2.45, 2.75) is 70.0 Å². The Kier molecular flexibility index (Phi) is 7.72. The maximum absolute atomic E-state index is 15.5. The van der Waals surface area contributed by atoms with Crippen LogP contribution in [-0.4, -0.2) is 52.6 Å². The van der Waals surface area contributed by atoms with Crippen molar-refractivity contribution < 1.29 is 27.1 Å². The molecule has 13 heteroatoms. The fourth-order valence-corrected chi connectivity index (χ4v) is 5.81. The molecule has 0 fully saturated rings. The van der Waals surface area contributed by atoms with Crippen LogP contribution in [0.5, 0.6) is 0 Å². The lowest BCUT2D eigenvalue weighted by Crippen LogP contribution is -2.51. The van der Waals surface area contributed by atoms with Crippen LogP contribution in [0.3, 0.4) is 0 Å². The van der Waals surface area contributed by atoms with Gasteiger partial charge < -0.3 is 15.0 Å². The third-order valence-corrected chi connectivity index (χ3v) is 7.98. The molecule has 1 N–H and O–H groups in total. The molecule has 2 heterocycles. The summed E-state index contributed by atoms with van der Waals surface area (Å²) in [4.78, 5) is 31.5. The van der Waals surface area contributed by atoms with E-state index in [0.29, 0.717) is 16.4 Å². The smallest absolute Gasteiger partial charge is 0.408 e. The zero-order valence-electron chi connectivity index (χ0n) is 23.0. The summed E-state index contributed by atoms with van der Waals surface area (Å²) in [6, 6.07) is 7.26. The van der Waals surface area contributed by atoms with Gasteiger partial charge >= 0.3 is 6.09 Å². The molecule has 0 saturated carbocycles. The lowest BCUT2D eigenvalue weighted by molar-refractivity contribution is -0.120. The van der Waals surface area contributed by atoms with E-state index in [4.69, 9.17) is 16.3 Å². The van der Waals surface area contributed by atoms with Crippen LogP contribution < -0.4 is 10.2 Å². The van der Waals surface area contributed by atoms with Crippen molar-refractivity contribution in [3.63, 3.8) is 0 Å². The second-order valence-corrected chi connectivity index (χ2v) is 14.0. The van der Waals surface area contributed by atoms with E-state index in [9.17, 15) is 18.0 Å². The minimum Gasteiger partial charge on any atom is -0.444 e. The minimum absolute atomic E-state index is 0.0577. The fourth-order valence-electron chi connectivity index (χ4n) is 4.07. The molecule has 0 radical (unpaired) electrons. The van der Waals surface area contributed by atoms with Crippen molar-refractivity contribution in [3.8, 4) is 5.69 Å². The monoisotopic (exact) mass is 591 g/mol. The lowest BCUT2D eigenvalue weighted by atomic mass is 9.96. The number of carbonyl (C=O) groups excluding carboxylic acids is 2. The van der Waals surface area contributed by atoms with Gasteiger partial charge in [0.25, 0.3) is 5.91 Å². The van der Waals surface area contributed by atoms with E-state index >= 15 is 4.39 Å². The number of halogens is 2. The quantitative estimate of drug-likeness (QED) is 0.471. The third kappa shape index (κ3) is 6.44. The van der Waals surface area contributed by atoms with Gasteiger partial charge in [0, 0.05) is 10.4 Å². The molecule has 3 aromatic rings. The number of fused-ring (bicyclic) bond motifs is 1. The Morgan fingerprint density at radius 3 is 2.35 bits per heavy atom. The van der Waals surface area contributed by atoms with Crippen molar-refractivity contribution in [2.75, 3.05) is 10.7 Å². The molecule has 0 saturated heterocycles. The van der Waals surface area contributed by atoms with Gasteiger partial charge in [-0.05, 0) is 50.6 Å². The number of hydrogen-bond acceptors (Lipinski definition) is 7. The van der Waals surface area contributed by atoms with E-state index in [0.717, 1.165) is 6.07 Å². The van der Waals surface area contributed by atoms with Crippen LogP contribution in [0.2, 0.25) is 5.02 Å². The van der Waals surface area contributed by atoms with Gasteiger partial charge in [0.15, 0.2) is 15.7 Å². The summed E-state index contributed by atoms with van der Waals surface area (Å²) in [5.41, 5.74) is -0.832. The van der Waals surface area contributed by atoms with Crippen LogP contribution >= 0.6 is 11.6 Å². The third-order valence-electron chi connectivity index (χ3n) is 5.96. The number of sulfone groups is 1. The molecule has 0 unspecified atom stereocenters. The largest absolute Gasteiger partial charge is 0.444 e. The molecule has 40 heavy (non-hydrogen) atoms. The number of carbonyl (C=O) groups is 2. The fraction of sp³-hybridized carbons (Fsp3) is 0.407. The summed E-state index contributed by atoms with van der Waals surface area (Å²) < 4.78 is 48.9. The Bertz CT molecular complexity index is 1560. The Morgan fingerprint density at radius 2 is 1.77 bits per heavy atom. The number of anilines is 1. The number of alkyl carbamates (subject to hydrolysis) is 1. The standard InChI is InChI=1S/C27H31ClFN5O5S/c1-26(2,3)24-30-15-34(32-24)20-12-21-22(11-18(20)29)40(37,38)14-19(31-25(36)39-27(4,5)6)23(35)33(21)13-16-7-9-17(28)10-8-16/h7-12,15,19H,13-14H2,1-6H3,(H,31,36)/t19-/m0/s1. The average molecular weight is 592 g/mol. The van der Waals surface area contributed by atoms with Crippen molar-refractivity contribution in [1.29, 1.82) is 0 Å². The normalized spacial score (nSPS) is 17.2. The molecule has 1 aromatic heterocycles. The van der Waals surface area contributed by atoms with E-state index in [1.807, 2.05) is 20.8 Å². The first kappa shape index (κ1) is 29.5. The second-order valence-electron chi connectivity index (χ2n) is 11.6. The number of benzene rings is 2. The van der Waals surface area contributed by atoms with E-state index in [-0.39, 0.29) is 22.8 Å². The molecule has 10 nitrogen and oxygen atoms in total. The molecule has 1 atom stereocenters. The second kappa shape index (κ2) is 10.5. The van der Waals surface area contributed by atoms with Gasteiger partial charge in [0.2, 0.25) is 0 Å². The number of nitrogens with zero attached hydrogens (tertiary/aromatic N) is 4. The highest BCUT2D eigenvalue weighted by Gasteiger charge is 2.40. The maximum Gasteiger partial charge on any atom is 0.408 e. The van der Waals surface area contributed by atoms with E-state index in [1.165, 1.54) is 22.0 Å². The molecular weight excluding hydrogens is 561 g/mol. The minimum atomic E-state index is -4.26. The zero-order chi connectivity index (χ0) is 29.6. The number of rotatable bonds is 4. The highest BCUT2D eigenvalue weighted by atomic mass is 35.5. The number of nitrogens with one attached hydrogen (secondary N) is 1. The molecule has 2 amide bonds. The Hall–Kier alpha value is -3.51. The first-order valence-corrected chi connectivity index (χ1v) is 14.5. The summed E-state index contributed by atoms with van der Waals surface area (Å²) in [7, 11) is -4.26. The summed E-state index contributed by atoms with van der Waals surface area (Å²) in [6.07, 6.45) is 0.372. The average Bonchev–Trinajstić information content (AvgIpc) is 3.30. The Balaban J connectivity index is 1.85. The number of hydrogen-bond donors (Lipinski definition) is 1. The SMILES string of the molecule is CC(C)(C)OC(=O)N[C@H]1CS(=O)(=O)c2cc(F)c(-n3cnc(C(C)(C)C)n3)cc2N(Cc2ccc(Cl)cc2)C1=O. The maximum atomic E-state index is 15.5. The highest BCUT2D eigenvalue weighted by Crippen LogP contribution is 2.35. The van der Waals surface area contributed by atoms with Crippen LogP contribution in [0.15, 0.2) is 47.6 Å². The lowest BCUT2D eigenvalue weighted by Gasteiger charge is -2.27. The predicted molar refractivity (Wildman–Crippen MR) is 148 cm³/mol. The van der Waals surface area contributed by atoms with E-state index < -0.39 is 50.5 Å². The van der Waals surface area contributed by atoms with Crippen molar-refractivity contribution >= 4 is 39.1 Å². The topological polar surface area (TPSA) is 123 Å². The molecular formula is C27H31ClFN5O5S. The van der Waals surface area contributed by atoms with Crippen molar-refractivity contribution in [1.82, 2.24) is 20.1 Å². The first-order chi connectivity index (χ1) is 18.4. The van der Waals surface area contributed by atoms with Crippen molar-refractivity contribution in [3.05, 3.63) is 65.0 Å². The van der Waals surface area contributed by atoms with Crippen LogP contribution in [0.4, 0.5) is 14.9 Å². The van der Waals surface area contributed by atoms with Crippen LogP contribution in [-0.2, 0) is 31.3 Å². The van der Waals surface area contributed by atoms with Gasteiger partial charge in [-0.25, -0.2) is 27.3 Å². The number of amides is 2. The van der Waals surface area contributed by atoms with Gasteiger partial charge in [-0.15, -0.1) is 0 Å². The predicted octanol–water partition coefficient (Wildman–Crippen LogP) is 4.57. The van der Waals surface area contributed by atoms with Gasteiger partial charge in [-0.1, -0.05) is 44.5 Å². The number of aromatic nitrogens is 3. The summed E-state index contributed by atoms with van der Waals surface area (Å²) in [6.45, 7) is 10.5. The summed E-state index contributed by atoms with van der Waals surface area (Å²) in [5, 5.41) is 7.23. The number of ether oxygens (including phenoxy) is 1. The van der Waals surface area contributed by atoms with Crippen LogP contribution in [0.1, 0.15) is 52.9 Å². The molecule has 0 spiro atoms. The van der Waals surface area contributed by atoms with Crippen LogP contribution in [0.25, 0.3) is 5.69 Å². The first-order valence-electron chi connectivity index (χ1n) is 12.5. The zero-order valence-corrected chi connectivity index (χ0v) is 24.6. The Morgan fingerprint density at radius 1 is 1.12 bits per heavy atom. The van der Waals surface area contributed by atoms with Gasteiger partial charge in [0.1, 0.15) is 29.5 Å². The van der Waals surface area contributed by atoms with E-state index in [1.54, 1.807) is 45.0 Å². The van der Waals surface area contributed by atoms with Crippen molar-refractivity contribution in [2.24, 2.45) is 0 Å². The molecule has 4 rings (SSSR count). The molecule has 2 aromatic carbocycles. The Labute approximate surface area is 237 Å². The summed E-state index contributed by atoms with van der Waals surface area (Å²) >= 11 is 6.02. The molecule has 1 aliphatic rings. The molecule has 214 valence electrons.